The molecule has 0 aliphatic rings. The van der Waals surface area contributed by atoms with E-state index >= 15 is 0 Å². The Morgan fingerprint density at radius 1 is 1.30 bits per heavy atom. The lowest BCUT2D eigenvalue weighted by atomic mass is 10.2. The quantitative estimate of drug-likeness (QED) is 0.784. The molecule has 1 aromatic carbocycles. The van der Waals surface area contributed by atoms with Crippen LogP contribution in [0.5, 0.6) is 5.75 Å². The highest BCUT2D eigenvalue weighted by Gasteiger charge is 2.05. The van der Waals surface area contributed by atoms with E-state index in [0.29, 0.717) is 0 Å². The highest BCUT2D eigenvalue weighted by atomic mass is 16.5. The summed E-state index contributed by atoms with van der Waals surface area (Å²) < 4.78 is 7.52. The van der Waals surface area contributed by atoms with E-state index in [1.807, 2.05) is 39.1 Å². The maximum atomic E-state index is 5.80. The Bertz CT molecular complexity index is 536. The molecule has 0 bridgehead atoms. The van der Waals surface area contributed by atoms with Gasteiger partial charge < -0.3 is 10.1 Å². The van der Waals surface area contributed by atoms with Crippen molar-refractivity contribution in [3.05, 3.63) is 42.0 Å². The largest absolute Gasteiger partial charge is 0.491 e. The van der Waals surface area contributed by atoms with Crippen LogP contribution in [0.15, 0.2) is 30.6 Å². The Labute approximate surface area is 120 Å². The molecular weight excluding hydrogens is 252 g/mol. The molecule has 0 amide bonds. The van der Waals surface area contributed by atoms with Crippen molar-refractivity contribution in [2.75, 3.05) is 6.54 Å². The van der Waals surface area contributed by atoms with Crippen LogP contribution in [0.3, 0.4) is 0 Å². The number of aromatic nitrogens is 3. The summed E-state index contributed by atoms with van der Waals surface area (Å²) in [6, 6.07) is 8.13. The smallest absolute Gasteiger partial charge is 0.151 e. The normalized spacial score (nSPS) is 11.0. The molecule has 0 aliphatic carbocycles. The summed E-state index contributed by atoms with van der Waals surface area (Å²) in [6.07, 6.45) is 2.74. The summed E-state index contributed by atoms with van der Waals surface area (Å²) >= 11 is 0. The van der Waals surface area contributed by atoms with Crippen molar-refractivity contribution in [1.82, 2.24) is 20.1 Å². The third-order valence-corrected chi connectivity index (χ3v) is 2.82. The molecule has 1 aromatic heterocycles. The van der Waals surface area contributed by atoms with Crippen LogP contribution in [0, 0.1) is 0 Å². The van der Waals surface area contributed by atoms with Crippen LogP contribution in [0.1, 0.15) is 25.2 Å². The van der Waals surface area contributed by atoms with E-state index in [1.54, 1.807) is 11.0 Å². The molecule has 0 radical (unpaired) electrons. The Balaban J connectivity index is 1.81. The zero-order valence-electron chi connectivity index (χ0n) is 12.3. The lowest BCUT2D eigenvalue weighted by Crippen LogP contribution is -2.18. The van der Waals surface area contributed by atoms with Gasteiger partial charge in [0.1, 0.15) is 12.1 Å². The molecule has 0 saturated heterocycles. The van der Waals surface area contributed by atoms with Crippen LogP contribution < -0.4 is 10.1 Å². The Kier molecular flexibility index (Phi) is 5.12. The molecule has 0 atom stereocenters. The van der Waals surface area contributed by atoms with Gasteiger partial charge in [0.25, 0.3) is 0 Å². The third kappa shape index (κ3) is 4.35. The molecule has 2 rings (SSSR count). The van der Waals surface area contributed by atoms with Crippen molar-refractivity contribution in [1.29, 1.82) is 0 Å². The van der Waals surface area contributed by atoms with E-state index in [4.69, 9.17) is 4.74 Å². The van der Waals surface area contributed by atoms with Gasteiger partial charge in [-0.3, -0.25) is 4.68 Å². The second-order valence-corrected chi connectivity index (χ2v) is 5.04. The number of ether oxygens (including phenoxy) is 1. The predicted octanol–water partition coefficient (Wildman–Crippen LogP) is 1.93. The van der Waals surface area contributed by atoms with Gasteiger partial charge in [-0.25, -0.2) is 4.98 Å². The van der Waals surface area contributed by atoms with Crippen LogP contribution in [0.2, 0.25) is 0 Å². The van der Waals surface area contributed by atoms with Gasteiger partial charge in [-0.15, -0.1) is 0 Å². The summed E-state index contributed by atoms with van der Waals surface area (Å²) in [4.78, 5) is 4.20. The molecule has 0 unspecified atom stereocenters. The van der Waals surface area contributed by atoms with Crippen molar-refractivity contribution >= 4 is 0 Å². The summed E-state index contributed by atoms with van der Waals surface area (Å²) in [7, 11) is 1.88. The van der Waals surface area contributed by atoms with Gasteiger partial charge >= 0.3 is 0 Å². The Morgan fingerprint density at radius 3 is 2.80 bits per heavy atom. The number of benzene rings is 1. The van der Waals surface area contributed by atoms with Gasteiger partial charge in [-0.1, -0.05) is 18.2 Å². The fourth-order valence-electron chi connectivity index (χ4n) is 1.94. The molecule has 5 heteroatoms. The zero-order valence-corrected chi connectivity index (χ0v) is 12.3. The Hall–Kier alpha value is -1.88. The lowest BCUT2D eigenvalue weighted by Gasteiger charge is -2.14. The topological polar surface area (TPSA) is 52.0 Å². The number of nitrogens with one attached hydrogen (secondary N) is 1. The first kappa shape index (κ1) is 14.5. The molecule has 0 fully saturated rings. The SMILES string of the molecule is CC(C)Oc1ccccc1CNCCc1ncn(C)n1. The van der Waals surface area contributed by atoms with E-state index in [1.165, 1.54) is 5.56 Å². The first-order chi connectivity index (χ1) is 9.65. The summed E-state index contributed by atoms with van der Waals surface area (Å²) in [5, 5.41) is 7.66. The summed E-state index contributed by atoms with van der Waals surface area (Å²) in [6.45, 7) is 5.71. The molecule has 20 heavy (non-hydrogen) atoms. The Morgan fingerprint density at radius 2 is 2.10 bits per heavy atom. The first-order valence-electron chi connectivity index (χ1n) is 6.95. The van der Waals surface area contributed by atoms with Crippen LogP contribution in [-0.4, -0.2) is 27.4 Å². The monoisotopic (exact) mass is 274 g/mol. The highest BCUT2D eigenvalue weighted by molar-refractivity contribution is 5.33. The summed E-state index contributed by atoms with van der Waals surface area (Å²) in [5.74, 6) is 1.82. The number of para-hydroxylation sites is 1. The maximum absolute atomic E-state index is 5.80. The van der Waals surface area contributed by atoms with E-state index in [0.717, 1.165) is 31.1 Å². The molecule has 1 N–H and O–H groups in total. The molecule has 0 spiro atoms. The van der Waals surface area contributed by atoms with Gasteiger partial charge in [-0.2, -0.15) is 5.10 Å². The van der Waals surface area contributed by atoms with Crippen molar-refractivity contribution in [3.63, 3.8) is 0 Å². The van der Waals surface area contributed by atoms with Gasteiger partial charge in [0.2, 0.25) is 0 Å². The van der Waals surface area contributed by atoms with Gasteiger partial charge in [-0.05, 0) is 19.9 Å². The van der Waals surface area contributed by atoms with Gasteiger partial charge in [0.05, 0.1) is 6.10 Å². The van der Waals surface area contributed by atoms with E-state index < -0.39 is 0 Å². The second kappa shape index (κ2) is 7.05. The minimum Gasteiger partial charge on any atom is -0.491 e. The van der Waals surface area contributed by atoms with E-state index in [9.17, 15) is 0 Å². The number of hydrogen-bond acceptors (Lipinski definition) is 4. The molecule has 0 aliphatic heterocycles. The molecule has 2 aromatic rings. The average molecular weight is 274 g/mol. The fraction of sp³-hybridized carbons (Fsp3) is 0.467. The van der Waals surface area contributed by atoms with Crippen molar-refractivity contribution in [2.24, 2.45) is 7.05 Å². The average Bonchev–Trinajstić information content (AvgIpc) is 2.81. The predicted molar refractivity (Wildman–Crippen MR) is 78.6 cm³/mol. The number of hydrogen-bond donors (Lipinski definition) is 1. The molecule has 5 nitrogen and oxygen atoms in total. The van der Waals surface area contributed by atoms with E-state index in [-0.39, 0.29) is 6.10 Å². The zero-order chi connectivity index (χ0) is 14.4. The molecule has 108 valence electrons. The van der Waals surface area contributed by atoms with Crippen LogP contribution in [0.4, 0.5) is 0 Å². The molecular formula is C15H22N4O. The molecule has 1 heterocycles. The van der Waals surface area contributed by atoms with Gasteiger partial charge in [0.15, 0.2) is 5.82 Å². The first-order valence-corrected chi connectivity index (χ1v) is 6.95. The van der Waals surface area contributed by atoms with E-state index in [2.05, 4.69) is 21.5 Å². The van der Waals surface area contributed by atoms with Gasteiger partial charge in [0, 0.05) is 32.1 Å². The van der Waals surface area contributed by atoms with Crippen LogP contribution >= 0.6 is 0 Å². The molecule has 0 saturated carbocycles. The number of rotatable bonds is 7. The number of nitrogens with zero attached hydrogens (tertiary/aromatic N) is 3. The summed E-state index contributed by atoms with van der Waals surface area (Å²) in [5.41, 5.74) is 1.18. The fourth-order valence-corrected chi connectivity index (χ4v) is 1.94. The minimum absolute atomic E-state index is 0.189. The van der Waals surface area contributed by atoms with Crippen molar-refractivity contribution in [3.8, 4) is 5.75 Å². The van der Waals surface area contributed by atoms with Crippen molar-refractivity contribution < 1.29 is 4.74 Å². The lowest BCUT2D eigenvalue weighted by molar-refractivity contribution is 0.239. The standard InChI is InChI=1S/C15H22N4O/c1-12(2)20-14-7-5-4-6-13(14)10-16-9-8-15-17-11-19(3)18-15/h4-7,11-12,16H,8-10H2,1-3H3. The maximum Gasteiger partial charge on any atom is 0.151 e. The minimum atomic E-state index is 0.189. The second-order valence-electron chi connectivity index (χ2n) is 5.04. The number of aryl methyl sites for hydroxylation is 1. The van der Waals surface area contributed by atoms with Crippen LogP contribution in [-0.2, 0) is 20.0 Å². The van der Waals surface area contributed by atoms with Crippen molar-refractivity contribution in [2.45, 2.75) is 32.9 Å². The van der Waals surface area contributed by atoms with Crippen LogP contribution in [0.25, 0.3) is 0 Å². The third-order valence-electron chi connectivity index (χ3n) is 2.82. The highest BCUT2D eigenvalue weighted by Crippen LogP contribution is 2.18.